The summed E-state index contributed by atoms with van der Waals surface area (Å²) in [6.45, 7) is 0. The first-order valence-electron chi connectivity index (χ1n) is 9.43. The topological polar surface area (TPSA) is 56.5 Å². The molecule has 2 heterocycles. The predicted molar refractivity (Wildman–Crippen MR) is 112 cm³/mol. The molecular weight excluding hydrogens is 386 g/mol. The van der Waals surface area contributed by atoms with E-state index in [-0.39, 0.29) is 11.7 Å². The smallest absolute Gasteiger partial charge is 0.166 e. The van der Waals surface area contributed by atoms with Crippen LogP contribution < -0.4 is 4.74 Å². The molecule has 5 nitrogen and oxygen atoms in total. The molecule has 2 aromatic heterocycles. The molecular formula is C23H18ClN3O2. The van der Waals surface area contributed by atoms with E-state index in [1.165, 1.54) is 0 Å². The van der Waals surface area contributed by atoms with Gasteiger partial charge >= 0.3 is 0 Å². The molecule has 0 amide bonds. The molecule has 2 aromatic carbocycles. The molecule has 0 saturated carbocycles. The van der Waals surface area contributed by atoms with Crippen molar-refractivity contribution in [2.24, 2.45) is 0 Å². The second-order valence-corrected chi connectivity index (χ2v) is 7.68. The zero-order valence-corrected chi connectivity index (χ0v) is 16.6. The highest BCUT2D eigenvalue weighted by atomic mass is 35.5. The first-order chi connectivity index (χ1) is 14.1. The van der Waals surface area contributed by atoms with Gasteiger partial charge in [0.15, 0.2) is 11.4 Å². The third-order valence-corrected chi connectivity index (χ3v) is 5.70. The largest absolute Gasteiger partial charge is 0.497 e. The quantitative estimate of drug-likeness (QED) is 0.484. The van der Waals surface area contributed by atoms with Crippen molar-refractivity contribution in [3.63, 3.8) is 0 Å². The SMILES string of the molecule is COc1ccc(C2CC(=O)c3cn4ncc(-c5cccc(Cl)c5)c4nc3C2)cc1. The first-order valence-corrected chi connectivity index (χ1v) is 9.80. The van der Waals surface area contributed by atoms with Crippen LogP contribution in [-0.2, 0) is 6.42 Å². The molecule has 0 fully saturated rings. The van der Waals surface area contributed by atoms with Crippen LogP contribution in [0.2, 0.25) is 5.02 Å². The molecule has 4 aromatic rings. The number of nitrogens with zero attached hydrogens (tertiary/aromatic N) is 3. The molecule has 0 bridgehead atoms. The minimum absolute atomic E-state index is 0.0984. The van der Waals surface area contributed by atoms with Crippen molar-refractivity contribution >= 4 is 23.0 Å². The molecule has 6 heteroatoms. The van der Waals surface area contributed by atoms with Crippen molar-refractivity contribution in [1.82, 2.24) is 14.6 Å². The number of methoxy groups -OCH3 is 1. The second-order valence-electron chi connectivity index (χ2n) is 7.24. The van der Waals surface area contributed by atoms with Crippen LogP contribution in [0, 0.1) is 0 Å². The van der Waals surface area contributed by atoms with Gasteiger partial charge in [0.05, 0.1) is 24.6 Å². The molecule has 5 rings (SSSR count). The van der Waals surface area contributed by atoms with Gasteiger partial charge in [-0.2, -0.15) is 5.10 Å². The van der Waals surface area contributed by atoms with Crippen LogP contribution in [0.25, 0.3) is 16.8 Å². The van der Waals surface area contributed by atoms with E-state index in [4.69, 9.17) is 21.3 Å². The standard InChI is InChI=1S/C23H18ClN3O2/c1-29-18-7-5-14(6-8-18)16-10-21-20(22(28)11-16)13-27-23(26-21)19(12-25-27)15-3-2-4-17(24)9-15/h2-9,12-13,16H,10-11H2,1H3. The van der Waals surface area contributed by atoms with E-state index in [0.717, 1.165) is 33.8 Å². The van der Waals surface area contributed by atoms with Crippen molar-refractivity contribution < 1.29 is 9.53 Å². The summed E-state index contributed by atoms with van der Waals surface area (Å²) >= 11 is 6.15. The first kappa shape index (κ1) is 17.9. The van der Waals surface area contributed by atoms with Crippen LogP contribution in [0.15, 0.2) is 60.9 Å². The Balaban J connectivity index is 1.56. The van der Waals surface area contributed by atoms with E-state index in [1.54, 1.807) is 24.0 Å². The van der Waals surface area contributed by atoms with E-state index >= 15 is 0 Å². The number of carbonyl (C=O) groups is 1. The number of ether oxygens (including phenoxy) is 1. The maximum atomic E-state index is 12.8. The predicted octanol–water partition coefficient (Wildman–Crippen LogP) is 4.97. The molecule has 1 unspecified atom stereocenters. The Labute approximate surface area is 172 Å². The van der Waals surface area contributed by atoms with Gasteiger partial charge in [-0.25, -0.2) is 9.50 Å². The van der Waals surface area contributed by atoms with Gasteiger partial charge in [0.2, 0.25) is 0 Å². The summed E-state index contributed by atoms with van der Waals surface area (Å²) in [6, 6.07) is 15.5. The lowest BCUT2D eigenvalue weighted by molar-refractivity contribution is 0.0962. The molecule has 0 radical (unpaired) electrons. The van der Waals surface area contributed by atoms with Crippen LogP contribution >= 0.6 is 11.6 Å². The average molecular weight is 404 g/mol. The van der Waals surface area contributed by atoms with Gasteiger partial charge in [0.25, 0.3) is 0 Å². The van der Waals surface area contributed by atoms with Crippen molar-refractivity contribution in [2.75, 3.05) is 7.11 Å². The Bertz CT molecular complexity index is 1230. The lowest BCUT2D eigenvalue weighted by Crippen LogP contribution is -2.21. The van der Waals surface area contributed by atoms with E-state index in [9.17, 15) is 4.79 Å². The highest BCUT2D eigenvalue weighted by Crippen LogP contribution is 2.34. The highest BCUT2D eigenvalue weighted by molar-refractivity contribution is 6.30. The summed E-state index contributed by atoms with van der Waals surface area (Å²) < 4.78 is 6.92. The molecule has 29 heavy (non-hydrogen) atoms. The van der Waals surface area contributed by atoms with Crippen LogP contribution in [-0.4, -0.2) is 27.5 Å². The van der Waals surface area contributed by atoms with Gasteiger partial charge in [-0.05, 0) is 47.7 Å². The van der Waals surface area contributed by atoms with Crippen molar-refractivity contribution in [2.45, 2.75) is 18.8 Å². The van der Waals surface area contributed by atoms with E-state index in [1.807, 2.05) is 48.5 Å². The number of ketones is 1. The Morgan fingerprint density at radius 1 is 1.10 bits per heavy atom. The van der Waals surface area contributed by atoms with Crippen LogP contribution in [0.1, 0.15) is 34.0 Å². The second kappa shape index (κ2) is 7.01. The highest BCUT2D eigenvalue weighted by Gasteiger charge is 2.28. The number of fused-ring (bicyclic) bond motifs is 2. The molecule has 0 saturated heterocycles. The van der Waals surface area contributed by atoms with E-state index < -0.39 is 0 Å². The van der Waals surface area contributed by atoms with Crippen LogP contribution in [0.4, 0.5) is 0 Å². The van der Waals surface area contributed by atoms with Crippen LogP contribution in [0.5, 0.6) is 5.75 Å². The number of benzene rings is 2. The number of halogens is 1. The van der Waals surface area contributed by atoms with Gasteiger partial charge < -0.3 is 4.74 Å². The molecule has 1 atom stereocenters. The number of hydrogen-bond acceptors (Lipinski definition) is 4. The summed E-state index contributed by atoms with van der Waals surface area (Å²) in [5.41, 5.74) is 5.17. The Hall–Kier alpha value is -3.18. The van der Waals surface area contributed by atoms with Gasteiger partial charge in [-0.3, -0.25) is 4.79 Å². The van der Waals surface area contributed by atoms with Crippen molar-refractivity contribution in [3.05, 3.63) is 82.8 Å². The molecule has 1 aliphatic carbocycles. The lowest BCUT2D eigenvalue weighted by Gasteiger charge is -2.23. The molecule has 1 aliphatic rings. The van der Waals surface area contributed by atoms with E-state index in [0.29, 0.717) is 23.4 Å². The van der Waals surface area contributed by atoms with E-state index in [2.05, 4.69) is 5.10 Å². The minimum Gasteiger partial charge on any atom is -0.497 e. The fraction of sp³-hybridized carbons (Fsp3) is 0.174. The molecule has 0 spiro atoms. The molecule has 0 N–H and O–H groups in total. The molecule has 0 aliphatic heterocycles. The maximum absolute atomic E-state index is 12.8. The molecule has 144 valence electrons. The van der Waals surface area contributed by atoms with Crippen molar-refractivity contribution in [1.29, 1.82) is 0 Å². The summed E-state index contributed by atoms with van der Waals surface area (Å²) in [4.78, 5) is 17.7. The van der Waals surface area contributed by atoms with Gasteiger partial charge in [0.1, 0.15) is 5.75 Å². The third kappa shape index (κ3) is 3.17. The van der Waals surface area contributed by atoms with Crippen LogP contribution in [0.3, 0.4) is 0 Å². The fourth-order valence-corrected chi connectivity index (χ4v) is 4.14. The lowest BCUT2D eigenvalue weighted by atomic mass is 9.82. The Morgan fingerprint density at radius 2 is 1.93 bits per heavy atom. The zero-order valence-electron chi connectivity index (χ0n) is 15.8. The Kier molecular flexibility index (Phi) is 4.32. The fourth-order valence-electron chi connectivity index (χ4n) is 3.95. The normalized spacial score (nSPS) is 16.1. The summed E-state index contributed by atoms with van der Waals surface area (Å²) in [5.74, 6) is 1.01. The van der Waals surface area contributed by atoms with Gasteiger partial charge in [0, 0.05) is 23.2 Å². The summed E-state index contributed by atoms with van der Waals surface area (Å²) in [5, 5.41) is 5.07. The van der Waals surface area contributed by atoms with Gasteiger partial charge in [-0.1, -0.05) is 35.9 Å². The number of aromatic nitrogens is 3. The number of rotatable bonds is 3. The van der Waals surface area contributed by atoms with Crippen molar-refractivity contribution in [3.8, 4) is 16.9 Å². The summed E-state index contributed by atoms with van der Waals surface area (Å²) in [6.07, 6.45) is 4.75. The monoisotopic (exact) mass is 403 g/mol. The average Bonchev–Trinajstić information content (AvgIpc) is 3.15. The third-order valence-electron chi connectivity index (χ3n) is 5.47. The number of hydrogen-bond donors (Lipinski definition) is 0. The minimum atomic E-state index is 0.0984. The van der Waals surface area contributed by atoms with Gasteiger partial charge in [-0.15, -0.1) is 0 Å². The maximum Gasteiger partial charge on any atom is 0.166 e. The Morgan fingerprint density at radius 3 is 2.69 bits per heavy atom. The zero-order chi connectivity index (χ0) is 20.0. The summed E-state index contributed by atoms with van der Waals surface area (Å²) in [7, 11) is 1.65. The number of Topliss-reactive ketones (excluding diaryl/α,β-unsaturated/α-hetero) is 1. The number of carbonyl (C=O) groups excluding carboxylic acids is 1.